The molecule has 1 unspecified atom stereocenters. The average Bonchev–Trinajstić information content (AvgIpc) is 3.08. The van der Waals surface area contributed by atoms with Gasteiger partial charge in [0.15, 0.2) is 0 Å². The fourth-order valence-electron chi connectivity index (χ4n) is 2.99. The number of fused-ring (bicyclic) bond motifs is 1. The lowest BCUT2D eigenvalue weighted by atomic mass is 9.78. The molecule has 0 aliphatic rings. The summed E-state index contributed by atoms with van der Waals surface area (Å²) in [5, 5.41) is 13.1. The number of rotatable bonds is 7. The van der Waals surface area contributed by atoms with E-state index in [0.29, 0.717) is 6.42 Å². The van der Waals surface area contributed by atoms with Crippen LogP contribution in [0.25, 0.3) is 10.2 Å². The molecule has 0 saturated heterocycles. The first kappa shape index (κ1) is 20.0. The van der Waals surface area contributed by atoms with Crippen LogP contribution in [0.1, 0.15) is 31.3 Å². The molecule has 0 spiro atoms. The maximum Gasteiger partial charge on any atom is 0.310 e. The van der Waals surface area contributed by atoms with E-state index in [1.165, 1.54) is 0 Å². The number of hydrogen-bond acceptors (Lipinski definition) is 4. The summed E-state index contributed by atoms with van der Waals surface area (Å²) < 4.78 is 1.08. The summed E-state index contributed by atoms with van der Waals surface area (Å²) in [6, 6.07) is 17.5. The first-order valence-electron chi connectivity index (χ1n) is 9.14. The van der Waals surface area contributed by atoms with Gasteiger partial charge in [-0.05, 0) is 38.5 Å². The maximum atomic E-state index is 13.2. The summed E-state index contributed by atoms with van der Waals surface area (Å²) >= 11 is 1.58. The Morgan fingerprint density at radius 3 is 2.32 bits per heavy atom. The minimum Gasteiger partial charge on any atom is -0.481 e. The molecule has 146 valence electrons. The number of aromatic nitrogens is 1. The Bertz CT molecular complexity index is 964. The molecule has 1 atom stereocenters. The van der Waals surface area contributed by atoms with Crippen LogP contribution in [-0.4, -0.2) is 28.5 Å². The molecule has 0 bridgehead atoms. The molecular weight excluding hydrogens is 372 g/mol. The van der Waals surface area contributed by atoms with Crippen LogP contribution in [0.2, 0.25) is 0 Å². The van der Waals surface area contributed by atoms with Crippen molar-refractivity contribution in [1.82, 2.24) is 10.3 Å². The van der Waals surface area contributed by atoms with E-state index >= 15 is 0 Å². The van der Waals surface area contributed by atoms with Gasteiger partial charge in [-0.2, -0.15) is 0 Å². The number of carbonyl (C=O) groups excluding carboxylic acids is 1. The van der Waals surface area contributed by atoms with Crippen LogP contribution in [0.15, 0.2) is 54.6 Å². The number of para-hydroxylation sites is 1. The molecule has 2 N–H and O–H groups in total. The third-order valence-corrected chi connectivity index (χ3v) is 6.06. The van der Waals surface area contributed by atoms with Crippen LogP contribution in [0, 0.1) is 5.41 Å². The van der Waals surface area contributed by atoms with Crippen molar-refractivity contribution in [2.45, 2.75) is 32.6 Å². The summed E-state index contributed by atoms with van der Waals surface area (Å²) in [6.45, 7) is 5.15. The van der Waals surface area contributed by atoms with Crippen molar-refractivity contribution in [3.63, 3.8) is 0 Å². The van der Waals surface area contributed by atoms with Crippen LogP contribution in [0.3, 0.4) is 0 Å². The van der Waals surface area contributed by atoms with E-state index in [2.05, 4.69) is 10.3 Å². The molecular formula is C22H24N2O3S. The number of carboxylic acid groups (broad SMARTS) is 1. The van der Waals surface area contributed by atoms with E-state index in [1.807, 2.05) is 61.5 Å². The molecule has 1 amide bonds. The predicted octanol–water partition coefficient (Wildman–Crippen LogP) is 4.02. The van der Waals surface area contributed by atoms with Gasteiger partial charge < -0.3 is 10.4 Å². The molecule has 0 aliphatic carbocycles. The van der Waals surface area contributed by atoms with Gasteiger partial charge in [0.25, 0.3) is 0 Å². The molecule has 3 rings (SSSR count). The van der Waals surface area contributed by atoms with E-state index in [4.69, 9.17) is 0 Å². The van der Waals surface area contributed by atoms with Crippen LogP contribution >= 0.6 is 11.3 Å². The molecule has 5 nitrogen and oxygen atoms in total. The van der Waals surface area contributed by atoms with Gasteiger partial charge in [-0.1, -0.05) is 42.5 Å². The van der Waals surface area contributed by atoms with Gasteiger partial charge in [-0.25, -0.2) is 4.98 Å². The van der Waals surface area contributed by atoms with Gasteiger partial charge in [-0.15, -0.1) is 11.3 Å². The molecule has 0 aliphatic heterocycles. The third kappa shape index (κ3) is 4.07. The number of nitrogens with zero attached hydrogens (tertiary/aromatic N) is 1. The second-order valence-electron chi connectivity index (χ2n) is 7.82. The lowest BCUT2D eigenvalue weighted by Gasteiger charge is -2.30. The lowest BCUT2D eigenvalue weighted by Crippen LogP contribution is -2.48. The Morgan fingerprint density at radius 1 is 1.04 bits per heavy atom. The SMILES string of the molecule is CC(C)(CNC(=O)C(C)(Cc1nc2ccccc2s1)c1ccccc1)C(=O)O. The molecule has 1 aromatic heterocycles. The fourth-order valence-corrected chi connectivity index (χ4v) is 4.11. The Morgan fingerprint density at radius 2 is 1.68 bits per heavy atom. The number of carboxylic acids is 1. The Kier molecular flexibility index (Phi) is 5.52. The zero-order chi connectivity index (χ0) is 20.4. The van der Waals surface area contributed by atoms with Crippen molar-refractivity contribution in [1.29, 1.82) is 0 Å². The van der Waals surface area contributed by atoms with Crippen LogP contribution in [-0.2, 0) is 21.4 Å². The number of benzene rings is 2. The Labute approximate surface area is 168 Å². The fraction of sp³-hybridized carbons (Fsp3) is 0.318. The zero-order valence-corrected chi connectivity index (χ0v) is 17.0. The van der Waals surface area contributed by atoms with Gasteiger partial charge in [0.2, 0.25) is 5.91 Å². The van der Waals surface area contributed by atoms with Gasteiger partial charge in [0, 0.05) is 13.0 Å². The van der Waals surface area contributed by atoms with Gasteiger partial charge in [0.05, 0.1) is 26.1 Å². The normalized spacial score (nSPS) is 13.8. The summed E-state index contributed by atoms with van der Waals surface area (Å²) in [4.78, 5) is 29.3. The second kappa shape index (κ2) is 7.72. The number of carbonyl (C=O) groups is 2. The van der Waals surface area contributed by atoms with Crippen molar-refractivity contribution in [2.75, 3.05) is 6.54 Å². The monoisotopic (exact) mass is 396 g/mol. The number of thiazole rings is 1. The minimum atomic E-state index is -1.04. The number of amides is 1. The van der Waals surface area contributed by atoms with E-state index in [0.717, 1.165) is 20.8 Å². The molecule has 2 aromatic carbocycles. The van der Waals surface area contributed by atoms with Crippen LogP contribution in [0.5, 0.6) is 0 Å². The average molecular weight is 397 g/mol. The van der Waals surface area contributed by atoms with Gasteiger partial charge in [-0.3, -0.25) is 9.59 Å². The highest BCUT2D eigenvalue weighted by Gasteiger charge is 2.38. The van der Waals surface area contributed by atoms with Crippen molar-refractivity contribution >= 4 is 33.4 Å². The van der Waals surface area contributed by atoms with Gasteiger partial charge in [0.1, 0.15) is 0 Å². The van der Waals surface area contributed by atoms with E-state index in [9.17, 15) is 14.7 Å². The largest absolute Gasteiger partial charge is 0.481 e. The summed E-state index contributed by atoms with van der Waals surface area (Å²) in [5.74, 6) is -1.15. The van der Waals surface area contributed by atoms with E-state index < -0.39 is 16.8 Å². The summed E-state index contributed by atoms with van der Waals surface area (Å²) in [6.07, 6.45) is 0.440. The Hall–Kier alpha value is -2.73. The first-order chi connectivity index (χ1) is 13.2. The summed E-state index contributed by atoms with van der Waals surface area (Å²) in [5.41, 5.74) is -0.0995. The second-order valence-corrected chi connectivity index (χ2v) is 8.94. The number of aliphatic carboxylic acids is 1. The van der Waals surface area contributed by atoms with Crippen LogP contribution in [0.4, 0.5) is 0 Å². The third-order valence-electron chi connectivity index (χ3n) is 5.02. The zero-order valence-electron chi connectivity index (χ0n) is 16.2. The molecule has 0 saturated carbocycles. The van der Waals surface area contributed by atoms with E-state index in [1.54, 1.807) is 25.2 Å². The first-order valence-corrected chi connectivity index (χ1v) is 9.96. The highest BCUT2D eigenvalue weighted by molar-refractivity contribution is 7.18. The number of nitrogens with one attached hydrogen (secondary N) is 1. The highest BCUT2D eigenvalue weighted by atomic mass is 32.1. The van der Waals surface area contributed by atoms with E-state index in [-0.39, 0.29) is 12.5 Å². The van der Waals surface area contributed by atoms with Crippen LogP contribution < -0.4 is 5.32 Å². The van der Waals surface area contributed by atoms with Crippen molar-refractivity contribution < 1.29 is 14.7 Å². The summed E-state index contributed by atoms with van der Waals surface area (Å²) in [7, 11) is 0. The maximum absolute atomic E-state index is 13.2. The standard InChI is InChI=1S/C22H24N2O3S/c1-21(2,20(26)27)14-23-19(25)22(3,15-9-5-4-6-10-15)13-18-24-16-11-7-8-12-17(16)28-18/h4-12H,13-14H2,1-3H3,(H,23,25)(H,26,27). The molecule has 3 aromatic rings. The van der Waals surface area contributed by atoms with Crippen molar-refractivity contribution in [3.8, 4) is 0 Å². The number of hydrogen-bond donors (Lipinski definition) is 2. The molecule has 6 heteroatoms. The smallest absolute Gasteiger partial charge is 0.310 e. The van der Waals surface area contributed by atoms with Crippen molar-refractivity contribution in [3.05, 3.63) is 65.2 Å². The van der Waals surface area contributed by atoms with Gasteiger partial charge >= 0.3 is 5.97 Å². The van der Waals surface area contributed by atoms with Crippen molar-refractivity contribution in [2.24, 2.45) is 5.41 Å². The molecule has 1 heterocycles. The quantitative estimate of drug-likeness (QED) is 0.632. The molecule has 0 radical (unpaired) electrons. The highest BCUT2D eigenvalue weighted by Crippen LogP contribution is 2.32. The topological polar surface area (TPSA) is 79.3 Å². The Balaban J connectivity index is 1.91. The molecule has 28 heavy (non-hydrogen) atoms. The minimum absolute atomic E-state index is 0.0590. The lowest BCUT2D eigenvalue weighted by molar-refractivity contribution is -0.147. The predicted molar refractivity (Wildman–Crippen MR) is 112 cm³/mol. The molecule has 0 fully saturated rings.